The van der Waals surface area contributed by atoms with Gasteiger partial charge >= 0.3 is 0 Å². The van der Waals surface area contributed by atoms with Crippen molar-refractivity contribution in [1.29, 1.82) is 0 Å². The number of nitrogen functional groups attached to an aromatic ring is 1. The zero-order valence-corrected chi connectivity index (χ0v) is 13.6. The Morgan fingerprint density at radius 3 is 2.46 bits per heavy atom. The van der Waals surface area contributed by atoms with E-state index in [0.29, 0.717) is 23.0 Å². The Balaban J connectivity index is 1.97. The molecule has 24 heavy (non-hydrogen) atoms. The molecule has 0 spiro atoms. The Morgan fingerprint density at radius 1 is 0.958 bits per heavy atom. The Bertz CT molecular complexity index is 1020. The number of anilines is 1. The Morgan fingerprint density at radius 2 is 1.71 bits per heavy atom. The van der Waals surface area contributed by atoms with Gasteiger partial charge in [0.2, 0.25) is 0 Å². The van der Waals surface area contributed by atoms with Crippen LogP contribution in [-0.4, -0.2) is 34.2 Å². The molecular formula is C17H17N5O2. The van der Waals surface area contributed by atoms with Gasteiger partial charge in [0.1, 0.15) is 11.6 Å². The number of hydrogen-bond donors (Lipinski definition) is 3. The van der Waals surface area contributed by atoms with E-state index in [0.717, 1.165) is 33.5 Å². The van der Waals surface area contributed by atoms with Gasteiger partial charge in [0, 0.05) is 28.2 Å². The van der Waals surface area contributed by atoms with E-state index in [1.165, 1.54) is 0 Å². The van der Waals surface area contributed by atoms with Crippen molar-refractivity contribution in [2.75, 3.05) is 20.0 Å². The lowest BCUT2D eigenvalue weighted by Gasteiger charge is -2.06. The van der Waals surface area contributed by atoms with Crippen LogP contribution in [0.2, 0.25) is 0 Å². The van der Waals surface area contributed by atoms with Crippen LogP contribution in [0.25, 0.3) is 33.3 Å². The lowest BCUT2D eigenvalue weighted by atomic mass is 10.1. The molecule has 0 amide bonds. The standard InChI is InChI=1S/C17H17N5O2/c1-8-19-16-10(6-15(18)22-17(16)20-8)12-4-9-5-13(23-2)14(24-3)7-11(9)21-12/h4-7,21H,1-3H3,(H3,18,19,20,22). The van der Waals surface area contributed by atoms with E-state index >= 15 is 0 Å². The number of nitrogens with zero attached hydrogens (tertiary/aromatic N) is 2. The third-order valence-electron chi connectivity index (χ3n) is 4.01. The number of nitrogens with two attached hydrogens (primary N) is 1. The van der Waals surface area contributed by atoms with Crippen LogP contribution in [0.3, 0.4) is 0 Å². The van der Waals surface area contributed by atoms with Crippen LogP contribution in [0.4, 0.5) is 5.82 Å². The second-order valence-corrected chi connectivity index (χ2v) is 5.59. The summed E-state index contributed by atoms with van der Waals surface area (Å²) in [4.78, 5) is 15.3. The first-order chi connectivity index (χ1) is 11.6. The molecule has 4 rings (SSSR count). The van der Waals surface area contributed by atoms with Crippen molar-refractivity contribution in [2.45, 2.75) is 6.92 Å². The third kappa shape index (κ3) is 2.13. The van der Waals surface area contributed by atoms with Crippen molar-refractivity contribution in [1.82, 2.24) is 19.9 Å². The van der Waals surface area contributed by atoms with Crippen molar-refractivity contribution in [3.63, 3.8) is 0 Å². The fourth-order valence-electron chi connectivity index (χ4n) is 2.94. The molecule has 4 aromatic rings. The van der Waals surface area contributed by atoms with E-state index in [4.69, 9.17) is 15.2 Å². The molecule has 0 aliphatic heterocycles. The van der Waals surface area contributed by atoms with Crippen LogP contribution < -0.4 is 15.2 Å². The summed E-state index contributed by atoms with van der Waals surface area (Å²) in [6.07, 6.45) is 0. The lowest BCUT2D eigenvalue weighted by molar-refractivity contribution is 0.356. The average molecular weight is 323 g/mol. The lowest BCUT2D eigenvalue weighted by Crippen LogP contribution is -1.92. The van der Waals surface area contributed by atoms with Crippen LogP contribution in [0.15, 0.2) is 24.3 Å². The minimum absolute atomic E-state index is 0.429. The molecule has 3 heterocycles. The number of rotatable bonds is 3. The van der Waals surface area contributed by atoms with Gasteiger partial charge in [-0.3, -0.25) is 0 Å². The summed E-state index contributed by atoms with van der Waals surface area (Å²) in [5.74, 6) is 2.59. The van der Waals surface area contributed by atoms with Crippen molar-refractivity contribution < 1.29 is 9.47 Å². The zero-order chi connectivity index (χ0) is 16.8. The second-order valence-electron chi connectivity index (χ2n) is 5.59. The monoisotopic (exact) mass is 323 g/mol. The first-order valence-electron chi connectivity index (χ1n) is 7.47. The molecule has 0 saturated heterocycles. The van der Waals surface area contributed by atoms with Crippen molar-refractivity contribution in [3.8, 4) is 22.8 Å². The number of H-pyrrole nitrogens is 2. The van der Waals surface area contributed by atoms with Crippen molar-refractivity contribution in [2.24, 2.45) is 0 Å². The van der Waals surface area contributed by atoms with E-state index in [9.17, 15) is 0 Å². The summed E-state index contributed by atoms with van der Waals surface area (Å²) in [5, 5.41) is 1.02. The molecule has 0 bridgehead atoms. The molecule has 0 aliphatic carbocycles. The number of fused-ring (bicyclic) bond motifs is 2. The van der Waals surface area contributed by atoms with Gasteiger partial charge in [-0.25, -0.2) is 9.97 Å². The molecule has 7 nitrogen and oxygen atoms in total. The van der Waals surface area contributed by atoms with Gasteiger partial charge in [0.05, 0.1) is 19.7 Å². The zero-order valence-electron chi connectivity index (χ0n) is 13.6. The highest BCUT2D eigenvalue weighted by molar-refractivity contribution is 5.96. The molecule has 4 N–H and O–H groups in total. The molecule has 0 aliphatic rings. The van der Waals surface area contributed by atoms with E-state index in [1.54, 1.807) is 14.2 Å². The Labute approximate surface area is 137 Å². The summed E-state index contributed by atoms with van der Waals surface area (Å²) in [5.41, 5.74) is 10.2. The number of aryl methyl sites for hydroxylation is 1. The molecule has 0 radical (unpaired) electrons. The van der Waals surface area contributed by atoms with Crippen molar-refractivity contribution >= 4 is 27.9 Å². The maximum atomic E-state index is 5.94. The SMILES string of the molecule is COc1cc2cc(-c3cc(N)nc4nc(C)[nH]c34)[nH]c2cc1OC. The number of pyridine rings is 1. The fraction of sp³-hybridized carbons (Fsp3) is 0.176. The number of hydrogen-bond acceptors (Lipinski definition) is 5. The minimum atomic E-state index is 0.429. The largest absolute Gasteiger partial charge is 0.493 e. The normalized spacial score (nSPS) is 11.3. The summed E-state index contributed by atoms with van der Waals surface area (Å²) < 4.78 is 10.7. The smallest absolute Gasteiger partial charge is 0.180 e. The maximum absolute atomic E-state index is 5.94. The fourth-order valence-corrected chi connectivity index (χ4v) is 2.94. The van der Waals surface area contributed by atoms with Gasteiger partial charge in [-0.15, -0.1) is 0 Å². The van der Waals surface area contributed by atoms with Gasteiger partial charge < -0.3 is 25.2 Å². The topological polar surface area (TPSA) is 102 Å². The number of imidazole rings is 1. The molecule has 7 heteroatoms. The molecule has 122 valence electrons. The van der Waals surface area contributed by atoms with Crippen LogP contribution in [-0.2, 0) is 0 Å². The van der Waals surface area contributed by atoms with E-state index in [2.05, 4.69) is 19.9 Å². The van der Waals surface area contributed by atoms with Gasteiger partial charge in [-0.1, -0.05) is 0 Å². The highest BCUT2D eigenvalue weighted by Crippen LogP contribution is 2.35. The molecule has 0 unspecified atom stereocenters. The van der Waals surface area contributed by atoms with Crippen molar-refractivity contribution in [3.05, 3.63) is 30.1 Å². The maximum Gasteiger partial charge on any atom is 0.180 e. The van der Waals surface area contributed by atoms with Gasteiger partial charge in [0.25, 0.3) is 0 Å². The van der Waals surface area contributed by atoms with Crippen LogP contribution >= 0.6 is 0 Å². The molecular weight excluding hydrogens is 306 g/mol. The predicted molar refractivity (Wildman–Crippen MR) is 93.4 cm³/mol. The van der Waals surface area contributed by atoms with E-state index in [1.807, 2.05) is 31.2 Å². The Hall–Kier alpha value is -3.22. The summed E-state index contributed by atoms with van der Waals surface area (Å²) in [6.45, 7) is 1.89. The van der Waals surface area contributed by atoms with E-state index < -0.39 is 0 Å². The third-order valence-corrected chi connectivity index (χ3v) is 4.01. The summed E-state index contributed by atoms with van der Waals surface area (Å²) in [7, 11) is 3.24. The number of ether oxygens (including phenoxy) is 2. The average Bonchev–Trinajstić information content (AvgIpc) is 3.14. The molecule has 1 aromatic carbocycles. The van der Waals surface area contributed by atoms with Crippen LogP contribution in [0, 0.1) is 6.92 Å². The molecule has 3 aromatic heterocycles. The second kappa shape index (κ2) is 5.16. The minimum Gasteiger partial charge on any atom is -0.493 e. The first kappa shape index (κ1) is 14.4. The number of aromatic nitrogens is 4. The number of benzene rings is 1. The van der Waals surface area contributed by atoms with Gasteiger partial charge in [-0.2, -0.15) is 0 Å². The van der Waals surface area contributed by atoms with Crippen LogP contribution in [0.1, 0.15) is 5.82 Å². The van der Waals surface area contributed by atoms with Gasteiger partial charge in [0.15, 0.2) is 17.1 Å². The Kier molecular flexibility index (Phi) is 3.09. The highest BCUT2D eigenvalue weighted by atomic mass is 16.5. The summed E-state index contributed by atoms with van der Waals surface area (Å²) >= 11 is 0. The predicted octanol–water partition coefficient (Wildman–Crippen LogP) is 3.01. The quantitative estimate of drug-likeness (QED) is 0.538. The van der Waals surface area contributed by atoms with E-state index in [-0.39, 0.29) is 0 Å². The molecule has 0 fully saturated rings. The number of aromatic amines is 2. The van der Waals surface area contributed by atoms with Gasteiger partial charge in [-0.05, 0) is 25.1 Å². The summed E-state index contributed by atoms with van der Waals surface area (Å²) in [6, 6.07) is 7.73. The van der Waals surface area contributed by atoms with Crippen LogP contribution in [0.5, 0.6) is 11.5 Å². The first-order valence-corrected chi connectivity index (χ1v) is 7.47. The highest BCUT2D eigenvalue weighted by Gasteiger charge is 2.14. The molecule has 0 atom stereocenters. The number of methoxy groups -OCH3 is 2. The number of nitrogens with one attached hydrogen (secondary N) is 2. The molecule has 0 saturated carbocycles.